The molecule has 2 aliphatic rings. The summed E-state index contributed by atoms with van der Waals surface area (Å²) in [6, 6.07) is 7.77. The monoisotopic (exact) mass is 249 g/mol. The number of ether oxygens (including phenoxy) is 1. The number of benzene rings is 1. The fourth-order valence-electron chi connectivity index (χ4n) is 2.59. The third-order valence-corrected chi connectivity index (χ3v) is 4.79. The standard InChI is InChI=1S/C14H19NOS/c1-10(15-13-5-7-17-9-13)11-2-3-14-12(8-11)4-6-16-14/h2-3,8,10,13,15H,4-7,9H2,1H3. The van der Waals surface area contributed by atoms with E-state index in [9.17, 15) is 0 Å². The van der Waals surface area contributed by atoms with Crippen molar-refractivity contribution in [2.45, 2.75) is 31.8 Å². The van der Waals surface area contributed by atoms with E-state index in [2.05, 4.69) is 42.2 Å². The molecule has 0 saturated carbocycles. The van der Waals surface area contributed by atoms with Gasteiger partial charge in [0.25, 0.3) is 0 Å². The Hall–Kier alpha value is -0.670. The van der Waals surface area contributed by atoms with Crippen molar-refractivity contribution in [1.29, 1.82) is 0 Å². The van der Waals surface area contributed by atoms with Crippen LogP contribution in [0.3, 0.4) is 0 Å². The number of rotatable bonds is 3. The Balaban J connectivity index is 1.70. The summed E-state index contributed by atoms with van der Waals surface area (Å²) in [5, 5.41) is 3.72. The van der Waals surface area contributed by atoms with Crippen LogP contribution in [0.4, 0.5) is 0 Å². The fourth-order valence-corrected chi connectivity index (χ4v) is 3.76. The van der Waals surface area contributed by atoms with Crippen molar-refractivity contribution in [2.24, 2.45) is 0 Å². The summed E-state index contributed by atoms with van der Waals surface area (Å²) in [4.78, 5) is 0. The summed E-state index contributed by atoms with van der Waals surface area (Å²) in [5.74, 6) is 3.65. The van der Waals surface area contributed by atoms with Crippen LogP contribution in [0.2, 0.25) is 0 Å². The van der Waals surface area contributed by atoms with Crippen LogP contribution in [-0.4, -0.2) is 24.2 Å². The van der Waals surface area contributed by atoms with Crippen molar-refractivity contribution in [3.8, 4) is 5.75 Å². The topological polar surface area (TPSA) is 21.3 Å². The van der Waals surface area contributed by atoms with E-state index in [1.807, 2.05) is 0 Å². The lowest BCUT2D eigenvalue weighted by Gasteiger charge is -2.19. The Morgan fingerprint density at radius 3 is 3.24 bits per heavy atom. The second kappa shape index (κ2) is 4.91. The minimum absolute atomic E-state index is 0.449. The highest BCUT2D eigenvalue weighted by Gasteiger charge is 2.19. The number of nitrogens with one attached hydrogen (secondary N) is 1. The molecule has 3 heteroatoms. The molecular weight excluding hydrogens is 230 g/mol. The maximum atomic E-state index is 5.54. The van der Waals surface area contributed by atoms with Crippen LogP contribution >= 0.6 is 11.8 Å². The summed E-state index contributed by atoms with van der Waals surface area (Å²) in [6.45, 7) is 3.11. The quantitative estimate of drug-likeness (QED) is 0.890. The third-order valence-electron chi connectivity index (χ3n) is 3.63. The van der Waals surface area contributed by atoms with E-state index in [-0.39, 0.29) is 0 Å². The van der Waals surface area contributed by atoms with Gasteiger partial charge in [0.05, 0.1) is 6.61 Å². The van der Waals surface area contributed by atoms with Gasteiger partial charge in [0.2, 0.25) is 0 Å². The maximum Gasteiger partial charge on any atom is 0.122 e. The predicted molar refractivity (Wildman–Crippen MR) is 72.9 cm³/mol. The average Bonchev–Trinajstić information content (AvgIpc) is 2.97. The van der Waals surface area contributed by atoms with Crippen molar-refractivity contribution >= 4 is 11.8 Å². The Morgan fingerprint density at radius 2 is 2.41 bits per heavy atom. The van der Waals surface area contributed by atoms with Crippen LogP contribution in [0.25, 0.3) is 0 Å². The number of hydrogen-bond donors (Lipinski definition) is 1. The molecule has 0 amide bonds. The lowest BCUT2D eigenvalue weighted by atomic mass is 10.0. The minimum Gasteiger partial charge on any atom is -0.493 e. The average molecular weight is 249 g/mol. The van der Waals surface area contributed by atoms with Crippen molar-refractivity contribution in [2.75, 3.05) is 18.1 Å². The molecule has 17 heavy (non-hydrogen) atoms. The van der Waals surface area contributed by atoms with E-state index in [1.165, 1.54) is 29.1 Å². The van der Waals surface area contributed by atoms with Gasteiger partial charge >= 0.3 is 0 Å². The molecule has 1 fully saturated rings. The van der Waals surface area contributed by atoms with Crippen LogP contribution < -0.4 is 10.1 Å². The van der Waals surface area contributed by atoms with E-state index in [4.69, 9.17) is 4.74 Å². The third kappa shape index (κ3) is 2.45. The Bertz CT molecular complexity index is 401. The summed E-state index contributed by atoms with van der Waals surface area (Å²) < 4.78 is 5.54. The van der Waals surface area contributed by atoms with Crippen LogP contribution in [0.5, 0.6) is 5.75 Å². The largest absolute Gasteiger partial charge is 0.493 e. The second-order valence-electron chi connectivity index (χ2n) is 4.91. The maximum absolute atomic E-state index is 5.54. The predicted octanol–water partition coefficient (Wildman–Crippen LogP) is 2.78. The molecule has 92 valence electrons. The van der Waals surface area contributed by atoms with Gasteiger partial charge in [-0.25, -0.2) is 0 Å². The van der Waals surface area contributed by atoms with Gasteiger partial charge in [0.15, 0.2) is 0 Å². The highest BCUT2D eigenvalue weighted by Crippen LogP contribution is 2.29. The SMILES string of the molecule is CC(NC1CCSC1)c1ccc2c(c1)CCO2. The van der Waals surface area contributed by atoms with Gasteiger partial charge in [-0.05, 0) is 36.3 Å². The first-order chi connectivity index (χ1) is 8.33. The first-order valence-electron chi connectivity index (χ1n) is 6.42. The molecular formula is C14H19NOS. The smallest absolute Gasteiger partial charge is 0.122 e. The molecule has 1 aromatic rings. The van der Waals surface area contributed by atoms with Gasteiger partial charge in [-0.3, -0.25) is 0 Å². The van der Waals surface area contributed by atoms with E-state index >= 15 is 0 Å². The van der Waals surface area contributed by atoms with E-state index in [0.717, 1.165) is 18.8 Å². The Kier molecular flexibility index (Phi) is 3.30. The molecule has 0 aromatic heterocycles. The number of fused-ring (bicyclic) bond motifs is 1. The first-order valence-corrected chi connectivity index (χ1v) is 7.58. The molecule has 0 spiro atoms. The number of hydrogen-bond acceptors (Lipinski definition) is 3. The van der Waals surface area contributed by atoms with Crippen molar-refractivity contribution in [3.05, 3.63) is 29.3 Å². The van der Waals surface area contributed by atoms with E-state index < -0.39 is 0 Å². The lowest BCUT2D eigenvalue weighted by molar-refractivity contribution is 0.356. The van der Waals surface area contributed by atoms with Crippen molar-refractivity contribution in [3.63, 3.8) is 0 Å². The van der Waals surface area contributed by atoms with Gasteiger partial charge in [0.1, 0.15) is 5.75 Å². The second-order valence-corrected chi connectivity index (χ2v) is 6.06. The van der Waals surface area contributed by atoms with Gasteiger partial charge in [-0.1, -0.05) is 12.1 Å². The van der Waals surface area contributed by atoms with Gasteiger partial charge in [0, 0.05) is 24.3 Å². The summed E-state index contributed by atoms with van der Waals surface area (Å²) in [6.07, 6.45) is 2.37. The Labute approximate surface area is 107 Å². The Morgan fingerprint density at radius 1 is 1.47 bits per heavy atom. The molecule has 0 radical (unpaired) electrons. The molecule has 2 unspecified atom stereocenters. The molecule has 2 nitrogen and oxygen atoms in total. The van der Waals surface area contributed by atoms with Gasteiger partial charge in [-0.15, -0.1) is 0 Å². The van der Waals surface area contributed by atoms with E-state index in [0.29, 0.717) is 12.1 Å². The zero-order valence-electron chi connectivity index (χ0n) is 10.2. The molecule has 2 heterocycles. The molecule has 0 aliphatic carbocycles. The van der Waals surface area contributed by atoms with Crippen molar-refractivity contribution in [1.82, 2.24) is 5.32 Å². The van der Waals surface area contributed by atoms with Crippen LogP contribution in [0.15, 0.2) is 18.2 Å². The molecule has 3 rings (SSSR count). The van der Waals surface area contributed by atoms with E-state index in [1.54, 1.807) is 0 Å². The molecule has 1 N–H and O–H groups in total. The van der Waals surface area contributed by atoms with Crippen molar-refractivity contribution < 1.29 is 4.74 Å². The zero-order valence-corrected chi connectivity index (χ0v) is 11.1. The van der Waals surface area contributed by atoms with Gasteiger partial charge < -0.3 is 10.1 Å². The van der Waals surface area contributed by atoms with Crippen LogP contribution in [-0.2, 0) is 6.42 Å². The van der Waals surface area contributed by atoms with Crippen LogP contribution in [0.1, 0.15) is 30.5 Å². The zero-order chi connectivity index (χ0) is 11.7. The first kappa shape index (κ1) is 11.4. The summed E-state index contributed by atoms with van der Waals surface area (Å²) >= 11 is 2.06. The minimum atomic E-state index is 0.449. The molecule has 1 aromatic carbocycles. The van der Waals surface area contributed by atoms with Crippen LogP contribution in [0, 0.1) is 0 Å². The molecule has 2 aliphatic heterocycles. The fraction of sp³-hybridized carbons (Fsp3) is 0.571. The van der Waals surface area contributed by atoms with Gasteiger partial charge in [-0.2, -0.15) is 11.8 Å². The molecule has 0 bridgehead atoms. The molecule has 2 atom stereocenters. The molecule has 1 saturated heterocycles. The highest BCUT2D eigenvalue weighted by atomic mass is 32.2. The summed E-state index contributed by atoms with van der Waals surface area (Å²) in [5.41, 5.74) is 2.77. The highest BCUT2D eigenvalue weighted by molar-refractivity contribution is 7.99. The summed E-state index contributed by atoms with van der Waals surface area (Å²) in [7, 11) is 0. The lowest BCUT2D eigenvalue weighted by Crippen LogP contribution is -2.31. The normalized spacial score (nSPS) is 24.4. The number of thioether (sulfide) groups is 1.